The lowest BCUT2D eigenvalue weighted by Crippen LogP contribution is -2.32. The van der Waals surface area contributed by atoms with Crippen LogP contribution in [0.2, 0.25) is 0 Å². The van der Waals surface area contributed by atoms with Crippen LogP contribution in [0.5, 0.6) is 0 Å². The standard InChI is InChI=1S/C14H17F3N2O2S.ClH/c1-9-2-3-12(4-13(9)14(15,16)17)22(20,21)19-7-10-5-18-6-11(10)8-19;/h2-4,10-11,18H,5-8H2,1H3;1H/t10-,11+;. The lowest BCUT2D eigenvalue weighted by Gasteiger charge is -2.19. The van der Waals surface area contributed by atoms with Crippen molar-refractivity contribution in [1.29, 1.82) is 0 Å². The molecule has 23 heavy (non-hydrogen) atoms. The quantitative estimate of drug-likeness (QED) is 0.869. The maximum absolute atomic E-state index is 13.0. The van der Waals surface area contributed by atoms with Crippen molar-refractivity contribution < 1.29 is 21.6 Å². The van der Waals surface area contributed by atoms with Gasteiger partial charge in [-0.15, -0.1) is 12.4 Å². The zero-order chi connectivity index (χ0) is 16.1. The highest BCUT2D eigenvalue weighted by atomic mass is 35.5. The Bertz CT molecular complexity index is 682. The van der Waals surface area contributed by atoms with Gasteiger partial charge >= 0.3 is 6.18 Å². The van der Waals surface area contributed by atoms with Gasteiger partial charge in [0.15, 0.2) is 0 Å². The van der Waals surface area contributed by atoms with E-state index in [1.165, 1.54) is 23.4 Å². The Morgan fingerprint density at radius 3 is 2.26 bits per heavy atom. The average Bonchev–Trinajstić information content (AvgIpc) is 2.98. The smallest absolute Gasteiger partial charge is 0.316 e. The molecule has 2 saturated heterocycles. The molecule has 2 aliphatic rings. The van der Waals surface area contributed by atoms with E-state index >= 15 is 0 Å². The molecular formula is C14H18ClF3N2O2S. The van der Waals surface area contributed by atoms with Crippen molar-refractivity contribution in [1.82, 2.24) is 9.62 Å². The molecule has 1 aromatic rings. The van der Waals surface area contributed by atoms with Crippen molar-refractivity contribution in [2.45, 2.75) is 18.0 Å². The third-order valence-corrected chi connectivity index (χ3v) is 6.34. The predicted octanol–water partition coefficient (Wildman–Crippen LogP) is 2.28. The summed E-state index contributed by atoms with van der Waals surface area (Å²) in [6, 6.07) is 3.22. The molecule has 0 spiro atoms. The van der Waals surface area contributed by atoms with Crippen molar-refractivity contribution in [3.63, 3.8) is 0 Å². The zero-order valence-electron chi connectivity index (χ0n) is 12.4. The highest BCUT2D eigenvalue weighted by Gasteiger charge is 2.42. The number of aryl methyl sites for hydroxylation is 1. The van der Waals surface area contributed by atoms with Crippen molar-refractivity contribution in [3.05, 3.63) is 29.3 Å². The second kappa shape index (κ2) is 6.23. The SMILES string of the molecule is Cc1ccc(S(=O)(=O)N2C[C@H]3CNC[C@H]3C2)cc1C(F)(F)F.Cl. The molecule has 2 atom stereocenters. The Morgan fingerprint density at radius 2 is 1.74 bits per heavy atom. The molecule has 0 aliphatic carbocycles. The summed E-state index contributed by atoms with van der Waals surface area (Å²) in [4.78, 5) is -0.279. The van der Waals surface area contributed by atoms with Crippen LogP contribution in [0.4, 0.5) is 13.2 Å². The maximum atomic E-state index is 13.0. The van der Waals surface area contributed by atoms with Gasteiger partial charge < -0.3 is 5.32 Å². The zero-order valence-corrected chi connectivity index (χ0v) is 14.1. The first-order chi connectivity index (χ1) is 10.2. The van der Waals surface area contributed by atoms with Crippen molar-refractivity contribution in [2.75, 3.05) is 26.2 Å². The number of hydrogen-bond donors (Lipinski definition) is 1. The van der Waals surface area contributed by atoms with E-state index in [-0.39, 0.29) is 34.7 Å². The molecule has 2 heterocycles. The molecule has 1 aromatic carbocycles. The molecule has 130 valence electrons. The van der Waals surface area contributed by atoms with E-state index in [1.807, 2.05) is 0 Å². The lowest BCUT2D eigenvalue weighted by atomic mass is 10.0. The van der Waals surface area contributed by atoms with Gasteiger partial charge in [-0.3, -0.25) is 0 Å². The molecule has 0 amide bonds. The molecule has 1 N–H and O–H groups in total. The third kappa shape index (κ3) is 3.35. The maximum Gasteiger partial charge on any atom is 0.416 e. The van der Waals surface area contributed by atoms with E-state index in [9.17, 15) is 21.6 Å². The lowest BCUT2D eigenvalue weighted by molar-refractivity contribution is -0.138. The third-order valence-electron chi connectivity index (χ3n) is 4.51. The van der Waals surface area contributed by atoms with Crippen LogP contribution in [0, 0.1) is 18.8 Å². The first kappa shape index (κ1) is 18.5. The topological polar surface area (TPSA) is 49.4 Å². The van der Waals surface area contributed by atoms with Crippen LogP contribution in [-0.4, -0.2) is 38.9 Å². The van der Waals surface area contributed by atoms with Crippen molar-refractivity contribution in [2.24, 2.45) is 11.8 Å². The second-order valence-corrected chi connectivity index (χ2v) is 7.91. The number of benzene rings is 1. The van der Waals surface area contributed by atoms with Crippen LogP contribution in [0.1, 0.15) is 11.1 Å². The van der Waals surface area contributed by atoms with E-state index in [0.717, 1.165) is 19.2 Å². The van der Waals surface area contributed by atoms with Crippen LogP contribution in [0.15, 0.2) is 23.1 Å². The predicted molar refractivity (Wildman–Crippen MR) is 82.0 cm³/mol. The number of nitrogens with zero attached hydrogens (tertiary/aromatic N) is 1. The molecule has 0 radical (unpaired) electrons. The van der Waals surface area contributed by atoms with Gasteiger partial charge in [-0.2, -0.15) is 17.5 Å². The number of hydrogen-bond acceptors (Lipinski definition) is 3. The number of alkyl halides is 3. The largest absolute Gasteiger partial charge is 0.416 e. The first-order valence-electron chi connectivity index (χ1n) is 7.08. The van der Waals surface area contributed by atoms with Gasteiger partial charge in [-0.25, -0.2) is 8.42 Å². The van der Waals surface area contributed by atoms with E-state index in [4.69, 9.17) is 0 Å². The van der Waals surface area contributed by atoms with Crippen LogP contribution in [0.25, 0.3) is 0 Å². The molecule has 0 aromatic heterocycles. The highest BCUT2D eigenvalue weighted by molar-refractivity contribution is 7.89. The van der Waals surface area contributed by atoms with E-state index in [0.29, 0.717) is 13.1 Å². The molecule has 9 heteroatoms. The molecule has 4 nitrogen and oxygen atoms in total. The van der Waals surface area contributed by atoms with Gasteiger partial charge in [-0.1, -0.05) is 6.07 Å². The summed E-state index contributed by atoms with van der Waals surface area (Å²) in [5, 5.41) is 3.20. The normalized spacial score (nSPS) is 25.2. The fourth-order valence-corrected chi connectivity index (χ4v) is 4.81. The van der Waals surface area contributed by atoms with Gasteiger partial charge in [0.05, 0.1) is 10.5 Å². The van der Waals surface area contributed by atoms with Gasteiger partial charge in [0, 0.05) is 13.1 Å². The van der Waals surface area contributed by atoms with Crippen LogP contribution in [0.3, 0.4) is 0 Å². The molecule has 2 fully saturated rings. The highest BCUT2D eigenvalue weighted by Crippen LogP contribution is 2.35. The first-order valence-corrected chi connectivity index (χ1v) is 8.52. The van der Waals surface area contributed by atoms with Gasteiger partial charge in [0.2, 0.25) is 10.0 Å². The van der Waals surface area contributed by atoms with Gasteiger partial charge in [0.25, 0.3) is 0 Å². The molecule has 0 saturated carbocycles. The summed E-state index contributed by atoms with van der Waals surface area (Å²) in [6.45, 7) is 3.59. The molecule has 2 aliphatic heterocycles. The molecule has 0 bridgehead atoms. The Morgan fingerprint density at radius 1 is 1.17 bits per heavy atom. The fraction of sp³-hybridized carbons (Fsp3) is 0.571. The Labute approximate surface area is 139 Å². The minimum absolute atomic E-state index is 0. The number of halogens is 4. The number of sulfonamides is 1. The minimum atomic E-state index is -4.55. The van der Waals surface area contributed by atoms with Crippen LogP contribution in [-0.2, 0) is 16.2 Å². The van der Waals surface area contributed by atoms with Crippen molar-refractivity contribution >= 4 is 22.4 Å². The number of nitrogens with one attached hydrogen (secondary N) is 1. The van der Waals surface area contributed by atoms with E-state index in [2.05, 4.69) is 5.32 Å². The number of fused-ring (bicyclic) bond motifs is 1. The summed E-state index contributed by atoms with van der Waals surface area (Å²) in [5.41, 5.74) is -0.872. The van der Waals surface area contributed by atoms with Gasteiger partial charge in [-0.05, 0) is 49.5 Å². The number of rotatable bonds is 2. The van der Waals surface area contributed by atoms with E-state index < -0.39 is 21.8 Å². The summed E-state index contributed by atoms with van der Waals surface area (Å²) in [6.07, 6.45) is -4.55. The van der Waals surface area contributed by atoms with Crippen LogP contribution < -0.4 is 5.32 Å². The van der Waals surface area contributed by atoms with E-state index in [1.54, 1.807) is 0 Å². The molecule has 0 unspecified atom stereocenters. The monoisotopic (exact) mass is 370 g/mol. The Kier molecular flexibility index (Phi) is 5.02. The van der Waals surface area contributed by atoms with Crippen molar-refractivity contribution in [3.8, 4) is 0 Å². The van der Waals surface area contributed by atoms with Crippen LogP contribution >= 0.6 is 12.4 Å². The Hall–Kier alpha value is -0.830. The summed E-state index contributed by atoms with van der Waals surface area (Å²) < 4.78 is 65.4. The summed E-state index contributed by atoms with van der Waals surface area (Å²) >= 11 is 0. The molecule has 3 rings (SSSR count). The average molecular weight is 371 g/mol. The molecular weight excluding hydrogens is 353 g/mol. The van der Waals surface area contributed by atoms with Gasteiger partial charge in [0.1, 0.15) is 0 Å². The minimum Gasteiger partial charge on any atom is -0.316 e. The Balaban J connectivity index is 0.00000192. The summed E-state index contributed by atoms with van der Waals surface area (Å²) in [7, 11) is -3.87. The second-order valence-electron chi connectivity index (χ2n) is 5.97. The fourth-order valence-electron chi connectivity index (χ4n) is 3.22. The summed E-state index contributed by atoms with van der Waals surface area (Å²) in [5.74, 6) is 0.504.